The molecule has 3 rings (SSSR count). The van der Waals surface area contributed by atoms with E-state index in [1.54, 1.807) is 0 Å². The molecule has 3 aliphatic rings. The maximum absolute atomic E-state index is 12.8. The van der Waals surface area contributed by atoms with Gasteiger partial charge >= 0.3 is 6.18 Å². The van der Waals surface area contributed by atoms with Crippen LogP contribution in [-0.2, 0) is 0 Å². The van der Waals surface area contributed by atoms with Crippen molar-refractivity contribution in [3.05, 3.63) is 70.9 Å². The highest BCUT2D eigenvalue weighted by Gasteiger charge is 2.47. The highest BCUT2D eigenvalue weighted by molar-refractivity contribution is 5.53. The Morgan fingerprint density at radius 2 is 1.84 bits per heavy atom. The van der Waals surface area contributed by atoms with Crippen LogP contribution in [0.2, 0.25) is 0 Å². The van der Waals surface area contributed by atoms with Crippen molar-refractivity contribution >= 4 is 0 Å². The second-order valence-electron chi connectivity index (χ2n) is 9.36. The van der Waals surface area contributed by atoms with Gasteiger partial charge in [-0.05, 0) is 86.7 Å². The molecule has 2 fully saturated rings. The Bertz CT molecular complexity index is 868. The molecule has 0 bridgehead atoms. The number of hydrogen-bond donors (Lipinski definition) is 2. The molecule has 0 spiro atoms. The number of aliphatic hydroxyl groups is 2. The smallest absolute Gasteiger partial charge is 0.388 e. The summed E-state index contributed by atoms with van der Waals surface area (Å²) in [4.78, 5) is 0. The van der Waals surface area contributed by atoms with Gasteiger partial charge in [0.05, 0.1) is 6.10 Å². The predicted octanol–water partition coefficient (Wildman–Crippen LogP) is 6.65. The summed E-state index contributed by atoms with van der Waals surface area (Å²) in [5, 5.41) is 19.6. The number of halogens is 3. The molecule has 0 radical (unpaired) electrons. The summed E-state index contributed by atoms with van der Waals surface area (Å²) in [5.41, 5.74) is 2.86. The fourth-order valence-electron chi connectivity index (χ4n) is 4.85. The number of hydrogen-bond acceptors (Lipinski definition) is 2. The normalized spacial score (nSPS) is 31.7. The molecule has 3 atom stereocenters. The molecule has 0 saturated heterocycles. The highest BCUT2D eigenvalue weighted by atomic mass is 19.4. The maximum Gasteiger partial charge on any atom is 0.420 e. The quantitative estimate of drug-likeness (QED) is 0.476. The minimum absolute atomic E-state index is 0.0912. The van der Waals surface area contributed by atoms with Gasteiger partial charge in [0.25, 0.3) is 0 Å². The first-order valence-electron chi connectivity index (χ1n) is 11.1. The second-order valence-corrected chi connectivity index (χ2v) is 9.36. The Hall–Kier alpha value is -1.85. The third-order valence-electron chi connectivity index (χ3n) is 7.04. The topological polar surface area (TPSA) is 40.5 Å². The summed E-state index contributed by atoms with van der Waals surface area (Å²) in [6.07, 6.45) is 12.6. The van der Waals surface area contributed by atoms with Crippen molar-refractivity contribution in [3.63, 3.8) is 0 Å². The third kappa shape index (κ3) is 4.98. The van der Waals surface area contributed by atoms with E-state index in [1.165, 1.54) is 22.8 Å². The van der Waals surface area contributed by atoms with Crippen molar-refractivity contribution in [1.82, 2.24) is 0 Å². The van der Waals surface area contributed by atoms with Crippen molar-refractivity contribution < 1.29 is 23.4 Å². The summed E-state index contributed by atoms with van der Waals surface area (Å²) in [5.74, 6) is 0. The Morgan fingerprint density at radius 3 is 2.55 bits per heavy atom. The summed E-state index contributed by atoms with van der Waals surface area (Å²) < 4.78 is 38.4. The van der Waals surface area contributed by atoms with Crippen molar-refractivity contribution in [1.29, 1.82) is 0 Å². The Morgan fingerprint density at radius 1 is 1.16 bits per heavy atom. The standard InChI is InChI=1S/C26H33F3O2/c1-18-19(8-6-11-23(18)30)12-13-20-9-7-16-24(2)21(14-15-22(20)24)10-4-5-17-25(3,31)26(27,28)29/h5,12-15,17,23,30-31H,1,4,6-11,16H2,2-3H3/b17-5+,19-12-,20-13+. The van der Waals surface area contributed by atoms with Crippen LogP contribution in [0.5, 0.6) is 0 Å². The van der Waals surface area contributed by atoms with E-state index in [0.717, 1.165) is 62.7 Å². The molecule has 5 heteroatoms. The van der Waals surface area contributed by atoms with E-state index in [2.05, 4.69) is 37.8 Å². The van der Waals surface area contributed by atoms with Crippen LogP contribution in [0.1, 0.15) is 65.2 Å². The lowest BCUT2D eigenvalue weighted by Crippen LogP contribution is -2.39. The van der Waals surface area contributed by atoms with Crippen LogP contribution in [-0.4, -0.2) is 28.1 Å². The fraction of sp³-hybridized carbons (Fsp3) is 0.538. The van der Waals surface area contributed by atoms with Gasteiger partial charge < -0.3 is 10.2 Å². The molecule has 0 aliphatic heterocycles. The van der Waals surface area contributed by atoms with Gasteiger partial charge in [-0.25, -0.2) is 0 Å². The predicted molar refractivity (Wildman–Crippen MR) is 118 cm³/mol. The Labute approximate surface area is 183 Å². The summed E-state index contributed by atoms with van der Waals surface area (Å²) in [6, 6.07) is 0. The van der Waals surface area contributed by atoms with Gasteiger partial charge in [0.2, 0.25) is 0 Å². The van der Waals surface area contributed by atoms with Crippen molar-refractivity contribution in [2.24, 2.45) is 5.41 Å². The lowest BCUT2D eigenvalue weighted by atomic mass is 9.66. The van der Waals surface area contributed by atoms with Crippen LogP contribution >= 0.6 is 0 Å². The van der Waals surface area contributed by atoms with Crippen LogP contribution in [0.3, 0.4) is 0 Å². The van der Waals surface area contributed by atoms with E-state index in [4.69, 9.17) is 0 Å². The third-order valence-corrected chi connectivity index (χ3v) is 7.04. The zero-order valence-electron chi connectivity index (χ0n) is 18.4. The molecule has 170 valence electrons. The fourth-order valence-corrected chi connectivity index (χ4v) is 4.85. The number of aliphatic hydroxyl groups excluding tert-OH is 1. The molecule has 2 nitrogen and oxygen atoms in total. The van der Waals surface area contributed by atoms with Crippen LogP contribution < -0.4 is 0 Å². The number of allylic oxidation sites excluding steroid dienone is 8. The molecule has 0 aromatic heterocycles. The molecule has 0 amide bonds. The largest absolute Gasteiger partial charge is 0.420 e. The monoisotopic (exact) mass is 434 g/mol. The lowest BCUT2D eigenvalue weighted by molar-refractivity contribution is -0.232. The van der Waals surface area contributed by atoms with Crippen molar-refractivity contribution in [2.45, 2.75) is 83.1 Å². The van der Waals surface area contributed by atoms with Gasteiger partial charge in [-0.1, -0.05) is 49.5 Å². The Kier molecular flexibility index (Phi) is 6.87. The van der Waals surface area contributed by atoms with Crippen molar-refractivity contribution in [2.75, 3.05) is 0 Å². The molecule has 3 aliphatic carbocycles. The SMILES string of the molecule is C=C1/C(=C\C=C2/CCCC3(C)C(CC/C=C/C(C)(O)C(F)(F)F)=CC=C23)CCCC1O. The first-order valence-corrected chi connectivity index (χ1v) is 11.1. The van der Waals surface area contributed by atoms with Crippen LogP contribution in [0.15, 0.2) is 70.9 Å². The average Bonchev–Trinajstić information content (AvgIpc) is 3.02. The first kappa shape index (κ1) is 23.8. The summed E-state index contributed by atoms with van der Waals surface area (Å²) >= 11 is 0. The van der Waals surface area contributed by atoms with E-state index >= 15 is 0 Å². The van der Waals surface area contributed by atoms with E-state index in [0.29, 0.717) is 12.8 Å². The molecule has 3 unspecified atom stereocenters. The summed E-state index contributed by atoms with van der Waals surface area (Å²) in [7, 11) is 0. The summed E-state index contributed by atoms with van der Waals surface area (Å²) in [6.45, 7) is 7.03. The van der Waals surface area contributed by atoms with E-state index < -0.39 is 17.9 Å². The molecular formula is C26H33F3O2. The first-order chi connectivity index (χ1) is 14.5. The second kappa shape index (κ2) is 8.95. The maximum atomic E-state index is 12.8. The minimum atomic E-state index is -4.67. The molecule has 0 aromatic carbocycles. The van der Waals surface area contributed by atoms with Crippen LogP contribution in [0.4, 0.5) is 13.2 Å². The van der Waals surface area contributed by atoms with E-state index in [9.17, 15) is 23.4 Å². The van der Waals surface area contributed by atoms with E-state index in [1.807, 2.05) is 0 Å². The minimum Gasteiger partial charge on any atom is -0.388 e. The lowest BCUT2D eigenvalue weighted by Gasteiger charge is -2.37. The number of rotatable bonds is 5. The molecule has 0 aromatic rings. The average molecular weight is 435 g/mol. The van der Waals surface area contributed by atoms with Gasteiger partial charge in [-0.2, -0.15) is 13.2 Å². The van der Waals surface area contributed by atoms with E-state index in [-0.39, 0.29) is 5.41 Å². The zero-order chi connectivity index (χ0) is 22.9. The number of alkyl halides is 3. The van der Waals surface area contributed by atoms with Gasteiger partial charge in [0.15, 0.2) is 5.60 Å². The van der Waals surface area contributed by atoms with Gasteiger partial charge in [-0.3, -0.25) is 0 Å². The molecule has 2 N–H and O–H groups in total. The molecular weight excluding hydrogens is 401 g/mol. The molecule has 0 heterocycles. The van der Waals surface area contributed by atoms with Crippen LogP contribution in [0.25, 0.3) is 0 Å². The van der Waals surface area contributed by atoms with Gasteiger partial charge in [-0.15, -0.1) is 0 Å². The number of fused-ring (bicyclic) bond motifs is 1. The highest BCUT2D eigenvalue weighted by Crippen LogP contribution is 2.53. The zero-order valence-corrected chi connectivity index (χ0v) is 18.4. The van der Waals surface area contributed by atoms with Gasteiger partial charge in [0, 0.05) is 5.41 Å². The van der Waals surface area contributed by atoms with Gasteiger partial charge in [0.1, 0.15) is 0 Å². The van der Waals surface area contributed by atoms with Crippen molar-refractivity contribution in [3.8, 4) is 0 Å². The molecule has 31 heavy (non-hydrogen) atoms. The Balaban J connectivity index is 1.67. The molecule has 2 saturated carbocycles. The van der Waals surface area contributed by atoms with Crippen LogP contribution in [0, 0.1) is 5.41 Å².